The van der Waals surface area contributed by atoms with Crippen molar-refractivity contribution in [3.8, 4) is 0 Å². The van der Waals surface area contributed by atoms with Crippen molar-refractivity contribution >= 4 is 11.5 Å². The Bertz CT molecular complexity index is 1010. The largest absolute Gasteiger partial charge is 0.357 e. The molecule has 142 valence electrons. The van der Waals surface area contributed by atoms with E-state index in [0.29, 0.717) is 12.1 Å². The Morgan fingerprint density at radius 2 is 1.63 bits per heavy atom. The first-order valence-corrected chi connectivity index (χ1v) is 9.33. The summed E-state index contributed by atoms with van der Waals surface area (Å²) >= 11 is 0. The molecule has 0 aliphatic carbocycles. The van der Waals surface area contributed by atoms with Gasteiger partial charge in [0.25, 0.3) is 5.56 Å². The fraction of sp³-hybridized carbons (Fsp3) is 0.450. The van der Waals surface area contributed by atoms with Gasteiger partial charge in [0, 0.05) is 53.2 Å². The minimum atomic E-state index is -0.305. The van der Waals surface area contributed by atoms with Gasteiger partial charge in [-0.2, -0.15) is 0 Å². The van der Waals surface area contributed by atoms with Crippen LogP contribution in [0.5, 0.6) is 0 Å². The summed E-state index contributed by atoms with van der Waals surface area (Å²) in [7, 11) is 3.21. The zero-order valence-electron chi connectivity index (χ0n) is 16.1. The van der Waals surface area contributed by atoms with Crippen LogP contribution >= 0.6 is 0 Å². The summed E-state index contributed by atoms with van der Waals surface area (Å²) in [6, 6.07) is 8.69. The second-order valence-electron chi connectivity index (χ2n) is 7.45. The van der Waals surface area contributed by atoms with Gasteiger partial charge in [0.2, 0.25) is 0 Å². The summed E-state index contributed by atoms with van der Waals surface area (Å²) in [6.45, 7) is 6.74. The van der Waals surface area contributed by atoms with Crippen LogP contribution in [0.3, 0.4) is 0 Å². The van der Waals surface area contributed by atoms with Crippen LogP contribution < -0.4 is 11.2 Å². The van der Waals surface area contributed by atoms with Crippen molar-refractivity contribution in [2.75, 3.05) is 26.2 Å². The van der Waals surface area contributed by atoms with Crippen LogP contribution in [-0.2, 0) is 27.1 Å². The van der Waals surface area contributed by atoms with E-state index in [2.05, 4.69) is 46.0 Å². The second kappa shape index (κ2) is 6.81. The SMILES string of the molecule is Cc1ccc(CN2CCN(C3=Nc4c(n(C)c(=O)n(C)c4=O)C3)CC2)cc1. The molecule has 1 saturated heterocycles. The second-order valence-corrected chi connectivity index (χ2v) is 7.45. The molecule has 27 heavy (non-hydrogen) atoms. The van der Waals surface area contributed by atoms with Crippen molar-refractivity contribution in [1.82, 2.24) is 18.9 Å². The van der Waals surface area contributed by atoms with Crippen LogP contribution in [0, 0.1) is 6.92 Å². The van der Waals surface area contributed by atoms with E-state index in [1.165, 1.54) is 18.2 Å². The molecule has 0 N–H and O–H groups in total. The number of fused-ring (bicyclic) bond motifs is 1. The zero-order chi connectivity index (χ0) is 19.1. The van der Waals surface area contributed by atoms with Crippen molar-refractivity contribution in [3.63, 3.8) is 0 Å². The van der Waals surface area contributed by atoms with Gasteiger partial charge >= 0.3 is 5.69 Å². The molecule has 0 spiro atoms. The molecule has 7 heteroatoms. The van der Waals surface area contributed by atoms with E-state index < -0.39 is 0 Å². The summed E-state index contributed by atoms with van der Waals surface area (Å²) < 4.78 is 2.67. The van der Waals surface area contributed by atoms with Gasteiger partial charge in [0.05, 0.1) is 5.69 Å². The molecule has 0 bridgehead atoms. The molecule has 0 unspecified atom stereocenters. The number of aromatic nitrogens is 2. The lowest BCUT2D eigenvalue weighted by Crippen LogP contribution is -2.48. The third-order valence-corrected chi connectivity index (χ3v) is 5.59. The van der Waals surface area contributed by atoms with Gasteiger partial charge in [0.15, 0.2) is 5.69 Å². The van der Waals surface area contributed by atoms with E-state index in [1.807, 2.05) is 0 Å². The summed E-state index contributed by atoms with van der Waals surface area (Å²) in [6.07, 6.45) is 0.551. The van der Waals surface area contributed by atoms with Crippen LogP contribution in [0.2, 0.25) is 0 Å². The maximum Gasteiger partial charge on any atom is 0.330 e. The first kappa shape index (κ1) is 17.7. The molecule has 0 saturated carbocycles. The molecule has 1 fully saturated rings. The Kier molecular flexibility index (Phi) is 4.47. The topological polar surface area (TPSA) is 62.8 Å². The predicted molar refractivity (Wildman–Crippen MR) is 106 cm³/mol. The molecule has 3 heterocycles. The number of hydrogen-bond acceptors (Lipinski definition) is 5. The van der Waals surface area contributed by atoms with Gasteiger partial charge in [-0.1, -0.05) is 29.8 Å². The number of piperazine rings is 1. The highest BCUT2D eigenvalue weighted by molar-refractivity contribution is 5.91. The molecular formula is C20H25N5O2. The van der Waals surface area contributed by atoms with Gasteiger partial charge in [-0.25, -0.2) is 9.79 Å². The van der Waals surface area contributed by atoms with Gasteiger partial charge in [-0.3, -0.25) is 18.8 Å². The van der Waals surface area contributed by atoms with E-state index >= 15 is 0 Å². The summed E-state index contributed by atoms with van der Waals surface area (Å²) in [5.74, 6) is 0.901. The summed E-state index contributed by atoms with van der Waals surface area (Å²) in [4.78, 5) is 33.8. The van der Waals surface area contributed by atoms with Gasteiger partial charge < -0.3 is 4.90 Å². The van der Waals surface area contributed by atoms with Crippen molar-refractivity contribution < 1.29 is 0 Å². The lowest BCUT2D eigenvalue weighted by molar-refractivity contribution is 0.174. The van der Waals surface area contributed by atoms with Crippen molar-refractivity contribution in [3.05, 3.63) is 61.9 Å². The maximum atomic E-state index is 12.4. The monoisotopic (exact) mass is 367 g/mol. The van der Waals surface area contributed by atoms with Gasteiger partial charge in [-0.05, 0) is 12.5 Å². The number of hydrogen-bond donors (Lipinski definition) is 0. The minimum Gasteiger partial charge on any atom is -0.357 e. The standard InChI is InChI=1S/C20H25N5O2/c1-14-4-6-15(7-5-14)13-24-8-10-25(11-9-24)17-12-16-18(21-17)19(26)23(3)20(27)22(16)2/h4-7H,8-13H2,1-3H3. The highest BCUT2D eigenvalue weighted by Gasteiger charge is 2.28. The molecule has 2 aromatic rings. The van der Waals surface area contributed by atoms with Crippen molar-refractivity contribution in [1.29, 1.82) is 0 Å². The lowest BCUT2D eigenvalue weighted by Gasteiger charge is -2.36. The number of aliphatic imine (C=N–C) groups is 1. The first-order valence-electron chi connectivity index (χ1n) is 9.33. The molecule has 0 amide bonds. The summed E-state index contributed by atoms with van der Waals surface area (Å²) in [5.41, 5.74) is 3.15. The number of rotatable bonds is 2. The van der Waals surface area contributed by atoms with Crippen molar-refractivity contribution in [2.45, 2.75) is 19.9 Å². The summed E-state index contributed by atoms with van der Waals surface area (Å²) in [5, 5.41) is 0. The van der Waals surface area contributed by atoms with E-state index in [9.17, 15) is 9.59 Å². The Balaban J connectivity index is 1.44. The average molecular weight is 367 g/mol. The molecule has 4 rings (SSSR count). The maximum absolute atomic E-state index is 12.4. The molecular weight excluding hydrogens is 342 g/mol. The fourth-order valence-electron chi connectivity index (χ4n) is 3.80. The Morgan fingerprint density at radius 3 is 2.30 bits per heavy atom. The number of benzene rings is 1. The fourth-order valence-corrected chi connectivity index (χ4v) is 3.80. The predicted octanol–water partition coefficient (Wildman–Crippen LogP) is 0.796. The molecule has 0 atom stereocenters. The van der Waals surface area contributed by atoms with Crippen LogP contribution in [0.4, 0.5) is 5.69 Å². The minimum absolute atomic E-state index is 0.293. The quantitative estimate of drug-likeness (QED) is 0.788. The molecule has 2 aliphatic heterocycles. The Hall–Kier alpha value is -2.67. The lowest BCUT2D eigenvalue weighted by atomic mass is 10.1. The van der Waals surface area contributed by atoms with E-state index in [4.69, 9.17) is 0 Å². The van der Waals surface area contributed by atoms with Gasteiger partial charge in [-0.15, -0.1) is 0 Å². The number of aryl methyl sites for hydroxylation is 1. The molecule has 7 nitrogen and oxygen atoms in total. The van der Waals surface area contributed by atoms with Crippen molar-refractivity contribution in [2.24, 2.45) is 19.1 Å². The van der Waals surface area contributed by atoms with Crippen LogP contribution in [0.1, 0.15) is 16.8 Å². The highest BCUT2D eigenvalue weighted by atomic mass is 16.2. The van der Waals surface area contributed by atoms with E-state index in [1.54, 1.807) is 11.6 Å². The Morgan fingerprint density at radius 1 is 0.963 bits per heavy atom. The molecule has 1 aromatic heterocycles. The Labute approximate surface area is 158 Å². The highest BCUT2D eigenvalue weighted by Crippen LogP contribution is 2.23. The normalized spacial score (nSPS) is 17.1. The third kappa shape index (κ3) is 3.23. The third-order valence-electron chi connectivity index (χ3n) is 5.59. The first-order chi connectivity index (χ1) is 12.9. The van der Waals surface area contributed by atoms with Crippen LogP contribution in [0.25, 0.3) is 0 Å². The van der Waals surface area contributed by atoms with Crippen LogP contribution in [-0.4, -0.2) is 50.9 Å². The molecule has 0 radical (unpaired) electrons. The molecule has 1 aromatic carbocycles. The number of amidine groups is 1. The van der Waals surface area contributed by atoms with Crippen LogP contribution in [0.15, 0.2) is 38.8 Å². The average Bonchev–Trinajstić information content (AvgIpc) is 3.13. The van der Waals surface area contributed by atoms with E-state index in [0.717, 1.165) is 48.8 Å². The zero-order valence-corrected chi connectivity index (χ0v) is 16.1. The molecule has 2 aliphatic rings. The smallest absolute Gasteiger partial charge is 0.330 e. The number of nitrogens with zero attached hydrogens (tertiary/aromatic N) is 5. The van der Waals surface area contributed by atoms with E-state index in [-0.39, 0.29) is 11.2 Å². The van der Waals surface area contributed by atoms with Gasteiger partial charge in [0.1, 0.15) is 5.84 Å².